The molecule has 1 aliphatic heterocycles. The summed E-state index contributed by atoms with van der Waals surface area (Å²) in [6.07, 6.45) is 0.380. The molecule has 1 aliphatic rings. The highest BCUT2D eigenvalue weighted by molar-refractivity contribution is 5.86. The normalized spacial score (nSPS) is 24.1. The Kier molecular flexibility index (Phi) is 3.61. The Morgan fingerprint density at radius 1 is 1.33 bits per heavy atom. The van der Waals surface area contributed by atoms with Crippen molar-refractivity contribution < 1.29 is 18.3 Å². The molecular weight excluding hydrogens is 240 g/mol. The van der Waals surface area contributed by atoms with Gasteiger partial charge in [0.2, 0.25) is 5.82 Å². The molecule has 1 N–H and O–H groups in total. The minimum atomic E-state index is -1.05. The maximum absolute atomic E-state index is 13.9. The standard InChI is InChI=1S/C13H15F2NO2/c1-7-5-9(17)13(16-6-7)8-3-4-10(18-2)12(15)11(8)14/h3-4,7,13,16H,5-6H2,1-2H3/t7-,13+/m1/s1. The molecule has 1 saturated heterocycles. The number of benzene rings is 1. The summed E-state index contributed by atoms with van der Waals surface area (Å²) in [5.41, 5.74) is 0.0465. The molecule has 3 nitrogen and oxygen atoms in total. The number of ether oxygens (including phenoxy) is 1. The smallest absolute Gasteiger partial charge is 0.200 e. The van der Waals surface area contributed by atoms with Gasteiger partial charge in [0.15, 0.2) is 17.3 Å². The minimum Gasteiger partial charge on any atom is -0.494 e. The Labute approximate surface area is 104 Å². The number of nitrogens with one attached hydrogen (secondary N) is 1. The molecule has 0 radical (unpaired) electrons. The number of methoxy groups -OCH3 is 1. The molecule has 1 heterocycles. The van der Waals surface area contributed by atoms with Gasteiger partial charge >= 0.3 is 0 Å². The molecule has 2 rings (SSSR count). The van der Waals surface area contributed by atoms with Gasteiger partial charge in [-0.15, -0.1) is 0 Å². The number of Topliss-reactive ketones (excluding diaryl/α,β-unsaturated/α-hetero) is 1. The van der Waals surface area contributed by atoms with Gasteiger partial charge < -0.3 is 10.1 Å². The first-order valence-electron chi connectivity index (χ1n) is 5.82. The largest absolute Gasteiger partial charge is 0.494 e. The van der Waals surface area contributed by atoms with E-state index in [-0.39, 0.29) is 23.0 Å². The number of carbonyl (C=O) groups is 1. The molecule has 98 valence electrons. The van der Waals surface area contributed by atoms with Gasteiger partial charge in [0.05, 0.1) is 13.2 Å². The lowest BCUT2D eigenvalue weighted by Gasteiger charge is -2.27. The van der Waals surface area contributed by atoms with Crippen LogP contribution in [0.5, 0.6) is 5.75 Å². The van der Waals surface area contributed by atoms with Crippen molar-refractivity contribution in [1.82, 2.24) is 5.32 Å². The van der Waals surface area contributed by atoms with Crippen LogP contribution in [0.2, 0.25) is 0 Å². The maximum Gasteiger partial charge on any atom is 0.200 e. The fraction of sp³-hybridized carbons (Fsp3) is 0.462. The third-order valence-corrected chi connectivity index (χ3v) is 3.15. The van der Waals surface area contributed by atoms with Crippen molar-refractivity contribution in [2.24, 2.45) is 5.92 Å². The zero-order chi connectivity index (χ0) is 13.3. The Hall–Kier alpha value is -1.49. The highest BCUT2D eigenvalue weighted by Crippen LogP contribution is 2.29. The first-order valence-corrected chi connectivity index (χ1v) is 5.82. The second-order valence-corrected chi connectivity index (χ2v) is 4.60. The van der Waals surface area contributed by atoms with Crippen LogP contribution in [0.25, 0.3) is 0 Å². The molecule has 0 aliphatic carbocycles. The molecule has 1 aromatic carbocycles. The summed E-state index contributed by atoms with van der Waals surface area (Å²) in [5.74, 6) is -2.12. The van der Waals surface area contributed by atoms with E-state index in [1.54, 1.807) is 0 Å². The van der Waals surface area contributed by atoms with E-state index in [0.717, 1.165) is 0 Å². The second-order valence-electron chi connectivity index (χ2n) is 4.60. The van der Waals surface area contributed by atoms with E-state index in [1.165, 1.54) is 19.2 Å². The minimum absolute atomic E-state index is 0.0465. The Morgan fingerprint density at radius 2 is 2.06 bits per heavy atom. The molecule has 0 spiro atoms. The lowest BCUT2D eigenvalue weighted by atomic mass is 9.90. The van der Waals surface area contributed by atoms with Crippen LogP contribution in [0, 0.1) is 17.6 Å². The molecule has 0 saturated carbocycles. The summed E-state index contributed by atoms with van der Waals surface area (Å²) < 4.78 is 32.1. The highest BCUT2D eigenvalue weighted by Gasteiger charge is 2.30. The Balaban J connectivity index is 2.34. The van der Waals surface area contributed by atoms with E-state index in [0.29, 0.717) is 13.0 Å². The number of ketones is 1. The fourth-order valence-electron chi connectivity index (χ4n) is 2.18. The van der Waals surface area contributed by atoms with Gasteiger partial charge in [-0.25, -0.2) is 4.39 Å². The molecule has 0 bridgehead atoms. The topological polar surface area (TPSA) is 38.3 Å². The number of piperidine rings is 1. The van der Waals surface area contributed by atoms with Gasteiger partial charge in [0.1, 0.15) is 0 Å². The van der Waals surface area contributed by atoms with Crippen LogP contribution in [0.1, 0.15) is 24.9 Å². The first-order chi connectivity index (χ1) is 8.54. The third-order valence-electron chi connectivity index (χ3n) is 3.15. The molecule has 2 atom stereocenters. The quantitative estimate of drug-likeness (QED) is 0.880. The summed E-state index contributed by atoms with van der Waals surface area (Å²) in [4.78, 5) is 11.8. The number of hydrogen-bond acceptors (Lipinski definition) is 3. The van der Waals surface area contributed by atoms with Crippen molar-refractivity contribution in [2.45, 2.75) is 19.4 Å². The lowest BCUT2D eigenvalue weighted by Crippen LogP contribution is -2.39. The van der Waals surface area contributed by atoms with Crippen molar-refractivity contribution in [3.63, 3.8) is 0 Å². The molecule has 0 amide bonds. The van der Waals surface area contributed by atoms with E-state index in [4.69, 9.17) is 4.74 Å². The van der Waals surface area contributed by atoms with Crippen molar-refractivity contribution in [2.75, 3.05) is 13.7 Å². The van der Waals surface area contributed by atoms with Crippen LogP contribution in [0.4, 0.5) is 8.78 Å². The summed E-state index contributed by atoms with van der Waals surface area (Å²) in [6.45, 7) is 2.55. The van der Waals surface area contributed by atoms with Crippen molar-refractivity contribution in [3.8, 4) is 5.75 Å². The number of halogens is 2. The average Bonchev–Trinajstić information content (AvgIpc) is 2.34. The molecule has 0 unspecified atom stereocenters. The lowest BCUT2D eigenvalue weighted by molar-refractivity contribution is -0.123. The Morgan fingerprint density at radius 3 is 2.67 bits per heavy atom. The van der Waals surface area contributed by atoms with Crippen LogP contribution in [0.3, 0.4) is 0 Å². The van der Waals surface area contributed by atoms with Crippen molar-refractivity contribution in [3.05, 3.63) is 29.3 Å². The van der Waals surface area contributed by atoms with Crippen molar-refractivity contribution >= 4 is 5.78 Å². The van der Waals surface area contributed by atoms with Gasteiger partial charge in [0, 0.05) is 12.0 Å². The molecule has 1 fully saturated rings. The van der Waals surface area contributed by atoms with Gasteiger partial charge in [-0.1, -0.05) is 13.0 Å². The Bertz CT molecular complexity index is 476. The van der Waals surface area contributed by atoms with Gasteiger partial charge in [-0.3, -0.25) is 4.79 Å². The zero-order valence-corrected chi connectivity index (χ0v) is 10.3. The van der Waals surface area contributed by atoms with Crippen LogP contribution < -0.4 is 10.1 Å². The van der Waals surface area contributed by atoms with Crippen LogP contribution >= 0.6 is 0 Å². The van der Waals surface area contributed by atoms with Gasteiger partial charge in [0.25, 0.3) is 0 Å². The first kappa shape index (κ1) is 13.0. The van der Waals surface area contributed by atoms with Gasteiger partial charge in [-0.2, -0.15) is 4.39 Å². The number of carbonyl (C=O) groups excluding carboxylic acids is 1. The fourth-order valence-corrected chi connectivity index (χ4v) is 2.18. The SMILES string of the molecule is COc1ccc([C@@H]2NC[C@H](C)CC2=O)c(F)c1F. The molecule has 0 aromatic heterocycles. The average molecular weight is 255 g/mol. The molecular formula is C13H15F2NO2. The van der Waals surface area contributed by atoms with Gasteiger partial charge in [-0.05, 0) is 18.5 Å². The van der Waals surface area contributed by atoms with E-state index >= 15 is 0 Å². The van der Waals surface area contributed by atoms with E-state index < -0.39 is 17.7 Å². The maximum atomic E-state index is 13.9. The predicted molar refractivity (Wildman–Crippen MR) is 62.4 cm³/mol. The second kappa shape index (κ2) is 5.02. The zero-order valence-electron chi connectivity index (χ0n) is 10.3. The third kappa shape index (κ3) is 2.22. The monoisotopic (exact) mass is 255 g/mol. The molecule has 5 heteroatoms. The van der Waals surface area contributed by atoms with Crippen molar-refractivity contribution in [1.29, 1.82) is 0 Å². The van der Waals surface area contributed by atoms with E-state index in [1.807, 2.05) is 6.92 Å². The van der Waals surface area contributed by atoms with Crippen LogP contribution in [-0.4, -0.2) is 19.4 Å². The van der Waals surface area contributed by atoms with Crippen LogP contribution in [-0.2, 0) is 4.79 Å². The van der Waals surface area contributed by atoms with E-state index in [2.05, 4.69) is 5.32 Å². The summed E-state index contributed by atoms with van der Waals surface area (Å²) in [5, 5.41) is 2.94. The highest BCUT2D eigenvalue weighted by atomic mass is 19.2. The number of hydrogen-bond donors (Lipinski definition) is 1. The summed E-state index contributed by atoms with van der Waals surface area (Å²) >= 11 is 0. The molecule has 18 heavy (non-hydrogen) atoms. The number of rotatable bonds is 2. The van der Waals surface area contributed by atoms with Crippen LogP contribution in [0.15, 0.2) is 12.1 Å². The summed E-state index contributed by atoms with van der Waals surface area (Å²) in [6, 6.07) is 1.96. The summed E-state index contributed by atoms with van der Waals surface area (Å²) in [7, 11) is 1.27. The van der Waals surface area contributed by atoms with E-state index in [9.17, 15) is 13.6 Å². The predicted octanol–water partition coefficient (Wildman–Crippen LogP) is 2.21. The molecule has 1 aromatic rings.